The van der Waals surface area contributed by atoms with E-state index >= 15 is 0 Å². The molecule has 0 radical (unpaired) electrons. The molecule has 3 nitrogen and oxygen atoms in total. The zero-order valence-electron chi connectivity index (χ0n) is 12.0. The lowest BCUT2D eigenvalue weighted by Gasteiger charge is -2.19. The summed E-state index contributed by atoms with van der Waals surface area (Å²) in [6, 6.07) is 16.7. The van der Waals surface area contributed by atoms with Crippen molar-refractivity contribution in [2.45, 2.75) is 26.0 Å². The van der Waals surface area contributed by atoms with Crippen LogP contribution in [-0.4, -0.2) is 12.0 Å². The van der Waals surface area contributed by atoms with Gasteiger partial charge in [0.25, 0.3) is 5.91 Å². The largest absolute Gasteiger partial charge is 0.481 e. The number of rotatable bonds is 5. The molecule has 2 aromatic rings. The Morgan fingerprint density at radius 2 is 1.81 bits per heavy atom. The van der Waals surface area contributed by atoms with Crippen LogP contribution in [0.15, 0.2) is 54.6 Å². The molecule has 1 N–H and O–H groups in total. The highest BCUT2D eigenvalue weighted by Crippen LogP contribution is 2.19. The zero-order chi connectivity index (χ0) is 15.2. The highest BCUT2D eigenvalue weighted by Gasteiger charge is 2.17. The maximum Gasteiger partial charge on any atom is 0.261 e. The Morgan fingerprint density at radius 3 is 2.48 bits per heavy atom. The van der Waals surface area contributed by atoms with Gasteiger partial charge in [0.05, 0.1) is 6.04 Å². The third-order valence-corrected chi connectivity index (χ3v) is 3.37. The first-order chi connectivity index (χ1) is 10.1. The van der Waals surface area contributed by atoms with Gasteiger partial charge in [0.1, 0.15) is 5.75 Å². The lowest BCUT2D eigenvalue weighted by molar-refractivity contribution is -0.127. The second-order valence-corrected chi connectivity index (χ2v) is 5.29. The van der Waals surface area contributed by atoms with Gasteiger partial charge in [-0.25, -0.2) is 0 Å². The summed E-state index contributed by atoms with van der Waals surface area (Å²) in [5.74, 6) is 0.420. The number of carbonyl (C=O) groups is 1. The molecule has 0 unspecified atom stereocenters. The van der Waals surface area contributed by atoms with Crippen LogP contribution in [0.25, 0.3) is 0 Å². The lowest BCUT2D eigenvalue weighted by atomic mass is 10.1. The number of hydrogen-bond donors (Lipinski definition) is 1. The average Bonchev–Trinajstić information content (AvgIpc) is 2.48. The van der Waals surface area contributed by atoms with Crippen LogP contribution in [0, 0.1) is 0 Å². The zero-order valence-corrected chi connectivity index (χ0v) is 12.8. The van der Waals surface area contributed by atoms with Crippen molar-refractivity contribution in [1.82, 2.24) is 5.32 Å². The van der Waals surface area contributed by atoms with Crippen molar-refractivity contribution in [2.75, 3.05) is 0 Å². The fourth-order valence-corrected chi connectivity index (χ4v) is 2.13. The summed E-state index contributed by atoms with van der Waals surface area (Å²) in [5, 5.41) is 3.52. The summed E-state index contributed by atoms with van der Waals surface area (Å²) in [5.41, 5.74) is 1.06. The van der Waals surface area contributed by atoms with Crippen LogP contribution in [0.2, 0.25) is 5.02 Å². The molecule has 0 spiro atoms. The van der Waals surface area contributed by atoms with Crippen LogP contribution in [-0.2, 0) is 4.79 Å². The average molecular weight is 304 g/mol. The number of amides is 1. The van der Waals surface area contributed by atoms with E-state index in [0.717, 1.165) is 5.56 Å². The van der Waals surface area contributed by atoms with Crippen LogP contribution < -0.4 is 10.1 Å². The summed E-state index contributed by atoms with van der Waals surface area (Å²) >= 11 is 5.89. The Kier molecular flexibility index (Phi) is 5.23. The molecule has 1 amide bonds. The molecule has 2 atom stereocenters. The van der Waals surface area contributed by atoms with Crippen LogP contribution in [0.4, 0.5) is 0 Å². The van der Waals surface area contributed by atoms with Crippen LogP contribution in [0.5, 0.6) is 5.75 Å². The van der Waals surface area contributed by atoms with Crippen molar-refractivity contribution in [2.24, 2.45) is 0 Å². The Morgan fingerprint density at radius 1 is 1.10 bits per heavy atom. The monoisotopic (exact) mass is 303 g/mol. The molecule has 110 valence electrons. The van der Waals surface area contributed by atoms with E-state index in [1.807, 2.05) is 37.3 Å². The Hall–Kier alpha value is -2.00. The number of carbonyl (C=O) groups excluding carboxylic acids is 1. The van der Waals surface area contributed by atoms with E-state index in [1.54, 1.807) is 31.2 Å². The SMILES string of the molecule is C[C@H](Oc1cccc(Cl)c1)C(=O)N[C@H](C)c1ccccc1. The van der Waals surface area contributed by atoms with Crippen molar-refractivity contribution in [3.63, 3.8) is 0 Å². The first-order valence-electron chi connectivity index (χ1n) is 6.84. The van der Waals surface area contributed by atoms with Crippen molar-refractivity contribution in [1.29, 1.82) is 0 Å². The molecule has 0 aliphatic heterocycles. The minimum absolute atomic E-state index is 0.0656. The Labute approximate surface area is 129 Å². The highest BCUT2D eigenvalue weighted by molar-refractivity contribution is 6.30. The second kappa shape index (κ2) is 7.14. The molecule has 0 fully saturated rings. The van der Waals surface area contributed by atoms with Crippen LogP contribution in [0.3, 0.4) is 0 Å². The van der Waals surface area contributed by atoms with Crippen molar-refractivity contribution in [3.05, 3.63) is 65.2 Å². The molecule has 0 saturated carbocycles. The van der Waals surface area contributed by atoms with Gasteiger partial charge < -0.3 is 10.1 Å². The summed E-state index contributed by atoms with van der Waals surface area (Å²) in [4.78, 5) is 12.1. The maximum atomic E-state index is 12.1. The first-order valence-corrected chi connectivity index (χ1v) is 7.21. The van der Waals surface area contributed by atoms with Gasteiger partial charge in [-0.3, -0.25) is 4.79 Å². The van der Waals surface area contributed by atoms with Gasteiger partial charge in [-0.1, -0.05) is 48.0 Å². The predicted octanol–water partition coefficient (Wildman–Crippen LogP) is 3.98. The molecule has 21 heavy (non-hydrogen) atoms. The van der Waals surface area contributed by atoms with Gasteiger partial charge in [-0.2, -0.15) is 0 Å². The van der Waals surface area contributed by atoms with E-state index in [9.17, 15) is 4.79 Å². The fourth-order valence-electron chi connectivity index (χ4n) is 1.95. The standard InChI is InChI=1S/C17H18ClNO2/c1-12(14-7-4-3-5-8-14)19-17(20)13(2)21-16-10-6-9-15(18)11-16/h3-13H,1-2H3,(H,19,20)/t12-,13+/m1/s1. The molecule has 2 rings (SSSR count). The van der Waals surface area contributed by atoms with Gasteiger partial charge in [-0.05, 0) is 37.6 Å². The summed E-state index contributed by atoms with van der Waals surface area (Å²) < 4.78 is 5.60. The van der Waals surface area contributed by atoms with Gasteiger partial charge in [0.15, 0.2) is 6.10 Å². The Bertz CT molecular complexity index is 601. The van der Waals surface area contributed by atoms with E-state index in [-0.39, 0.29) is 11.9 Å². The molecule has 0 aromatic heterocycles. The van der Waals surface area contributed by atoms with Crippen LogP contribution >= 0.6 is 11.6 Å². The third-order valence-electron chi connectivity index (χ3n) is 3.14. The number of hydrogen-bond acceptors (Lipinski definition) is 2. The molecule has 2 aromatic carbocycles. The third kappa shape index (κ3) is 4.50. The maximum absolute atomic E-state index is 12.1. The minimum atomic E-state index is -0.588. The number of halogens is 1. The van der Waals surface area contributed by atoms with Gasteiger partial charge in [0, 0.05) is 5.02 Å². The van der Waals surface area contributed by atoms with Gasteiger partial charge in [-0.15, -0.1) is 0 Å². The smallest absolute Gasteiger partial charge is 0.261 e. The van der Waals surface area contributed by atoms with Crippen molar-refractivity contribution >= 4 is 17.5 Å². The number of benzene rings is 2. The van der Waals surface area contributed by atoms with Crippen molar-refractivity contribution < 1.29 is 9.53 Å². The second-order valence-electron chi connectivity index (χ2n) is 4.86. The van der Waals surface area contributed by atoms with Gasteiger partial charge >= 0.3 is 0 Å². The van der Waals surface area contributed by atoms with Crippen molar-refractivity contribution in [3.8, 4) is 5.75 Å². The number of ether oxygens (including phenoxy) is 1. The number of nitrogens with one attached hydrogen (secondary N) is 1. The lowest BCUT2D eigenvalue weighted by Crippen LogP contribution is -2.37. The topological polar surface area (TPSA) is 38.3 Å². The molecular weight excluding hydrogens is 286 g/mol. The fraction of sp³-hybridized carbons (Fsp3) is 0.235. The minimum Gasteiger partial charge on any atom is -0.481 e. The molecular formula is C17H18ClNO2. The molecule has 0 bridgehead atoms. The summed E-state index contributed by atoms with van der Waals surface area (Å²) in [6.07, 6.45) is -0.588. The highest BCUT2D eigenvalue weighted by atomic mass is 35.5. The molecule has 0 aliphatic rings. The van der Waals surface area contributed by atoms with Crippen LogP contribution in [0.1, 0.15) is 25.5 Å². The van der Waals surface area contributed by atoms with Gasteiger partial charge in [0.2, 0.25) is 0 Å². The van der Waals surface area contributed by atoms with E-state index in [1.165, 1.54) is 0 Å². The van der Waals surface area contributed by atoms with E-state index < -0.39 is 6.10 Å². The summed E-state index contributed by atoms with van der Waals surface area (Å²) in [7, 11) is 0. The molecule has 0 aliphatic carbocycles. The van der Waals surface area contributed by atoms with E-state index in [2.05, 4.69) is 5.32 Å². The quantitative estimate of drug-likeness (QED) is 0.907. The van der Waals surface area contributed by atoms with E-state index in [4.69, 9.17) is 16.3 Å². The summed E-state index contributed by atoms with van der Waals surface area (Å²) in [6.45, 7) is 3.66. The molecule has 4 heteroatoms. The molecule has 0 heterocycles. The first kappa shape index (κ1) is 15.4. The Balaban J connectivity index is 1.94. The van der Waals surface area contributed by atoms with E-state index in [0.29, 0.717) is 10.8 Å². The normalized spacial score (nSPS) is 13.3. The predicted molar refractivity (Wildman–Crippen MR) is 84.5 cm³/mol. The molecule has 0 saturated heterocycles.